The minimum Gasteiger partial charge on any atom is -0.247 e. The zero-order valence-electron chi connectivity index (χ0n) is 6.73. The fourth-order valence-corrected chi connectivity index (χ4v) is 2.18. The van der Waals surface area contributed by atoms with Gasteiger partial charge in [-0.15, -0.1) is 0 Å². The van der Waals surface area contributed by atoms with E-state index < -0.39 is 6.17 Å². The van der Waals surface area contributed by atoms with Crippen LogP contribution in [0.2, 0.25) is 0 Å². The molecule has 2 rings (SSSR count). The molecule has 58 valence electrons. The minimum absolute atomic E-state index is 0.217. The molecule has 0 aliphatic heterocycles. The summed E-state index contributed by atoms with van der Waals surface area (Å²) in [4.78, 5) is 0. The second kappa shape index (κ2) is 1.75. The van der Waals surface area contributed by atoms with Gasteiger partial charge in [-0.05, 0) is 31.1 Å². The minimum atomic E-state index is -0.428. The van der Waals surface area contributed by atoms with Crippen molar-refractivity contribution in [2.45, 2.75) is 39.3 Å². The molecule has 0 bridgehead atoms. The van der Waals surface area contributed by atoms with Gasteiger partial charge in [-0.25, -0.2) is 4.39 Å². The number of rotatable bonds is 1. The summed E-state index contributed by atoms with van der Waals surface area (Å²) in [5.74, 6) is 1.61. The Labute approximate surface area is 61.8 Å². The average molecular weight is 142 g/mol. The second-order valence-corrected chi connectivity index (χ2v) is 4.45. The SMILES string of the molecule is CC(C)C1CC2(C1)CC2F. The van der Waals surface area contributed by atoms with Crippen LogP contribution >= 0.6 is 0 Å². The van der Waals surface area contributed by atoms with Crippen LogP contribution in [-0.4, -0.2) is 6.17 Å². The molecule has 2 aliphatic carbocycles. The average Bonchev–Trinajstić information content (AvgIpc) is 2.36. The fourth-order valence-electron chi connectivity index (χ4n) is 2.18. The first-order valence-electron chi connectivity index (χ1n) is 4.28. The van der Waals surface area contributed by atoms with Crippen molar-refractivity contribution in [2.75, 3.05) is 0 Å². The van der Waals surface area contributed by atoms with Gasteiger partial charge in [-0.3, -0.25) is 0 Å². The molecule has 1 atom stereocenters. The maximum absolute atomic E-state index is 12.6. The summed E-state index contributed by atoms with van der Waals surface area (Å²) < 4.78 is 12.6. The van der Waals surface area contributed by atoms with E-state index in [0.29, 0.717) is 0 Å². The molecule has 0 nitrogen and oxygen atoms in total. The van der Waals surface area contributed by atoms with Crippen molar-refractivity contribution >= 4 is 0 Å². The molecule has 0 N–H and O–H groups in total. The van der Waals surface area contributed by atoms with E-state index in [9.17, 15) is 4.39 Å². The van der Waals surface area contributed by atoms with Crippen LogP contribution in [-0.2, 0) is 0 Å². The van der Waals surface area contributed by atoms with E-state index in [1.54, 1.807) is 0 Å². The third-order valence-corrected chi connectivity index (χ3v) is 3.37. The van der Waals surface area contributed by atoms with Gasteiger partial charge in [0.15, 0.2) is 0 Å². The van der Waals surface area contributed by atoms with Crippen molar-refractivity contribution < 1.29 is 4.39 Å². The van der Waals surface area contributed by atoms with E-state index in [1.165, 1.54) is 12.8 Å². The molecule has 0 saturated heterocycles. The molecule has 2 aliphatic rings. The lowest BCUT2D eigenvalue weighted by Gasteiger charge is -2.38. The summed E-state index contributed by atoms with van der Waals surface area (Å²) in [6.07, 6.45) is 2.79. The smallest absolute Gasteiger partial charge is 0.106 e. The highest BCUT2D eigenvalue weighted by molar-refractivity contribution is 5.11. The number of alkyl halides is 1. The predicted octanol–water partition coefficient (Wildman–Crippen LogP) is 2.78. The Balaban J connectivity index is 1.84. The van der Waals surface area contributed by atoms with E-state index in [4.69, 9.17) is 0 Å². The third-order valence-electron chi connectivity index (χ3n) is 3.37. The van der Waals surface area contributed by atoms with Crippen molar-refractivity contribution in [1.82, 2.24) is 0 Å². The van der Waals surface area contributed by atoms with Gasteiger partial charge in [0.2, 0.25) is 0 Å². The third kappa shape index (κ3) is 0.724. The second-order valence-electron chi connectivity index (χ2n) is 4.45. The highest BCUT2D eigenvalue weighted by Gasteiger charge is 2.62. The number of hydrogen-bond acceptors (Lipinski definition) is 0. The Morgan fingerprint density at radius 2 is 1.80 bits per heavy atom. The first-order valence-corrected chi connectivity index (χ1v) is 4.28. The van der Waals surface area contributed by atoms with Crippen LogP contribution in [0.25, 0.3) is 0 Å². The first-order chi connectivity index (χ1) is 4.64. The van der Waals surface area contributed by atoms with Gasteiger partial charge in [0, 0.05) is 5.41 Å². The lowest BCUT2D eigenvalue weighted by atomic mass is 9.67. The van der Waals surface area contributed by atoms with Gasteiger partial charge < -0.3 is 0 Å². The van der Waals surface area contributed by atoms with E-state index in [0.717, 1.165) is 18.3 Å². The van der Waals surface area contributed by atoms with Crippen molar-refractivity contribution in [1.29, 1.82) is 0 Å². The van der Waals surface area contributed by atoms with Crippen molar-refractivity contribution in [3.63, 3.8) is 0 Å². The molecule has 0 amide bonds. The number of hydrogen-bond donors (Lipinski definition) is 0. The molecular weight excluding hydrogens is 127 g/mol. The van der Waals surface area contributed by atoms with Crippen molar-refractivity contribution in [3.05, 3.63) is 0 Å². The molecule has 2 fully saturated rings. The zero-order chi connectivity index (χ0) is 7.35. The summed E-state index contributed by atoms with van der Waals surface area (Å²) in [7, 11) is 0. The molecule has 2 saturated carbocycles. The van der Waals surface area contributed by atoms with Gasteiger partial charge in [0.25, 0.3) is 0 Å². The maximum Gasteiger partial charge on any atom is 0.106 e. The lowest BCUT2D eigenvalue weighted by molar-refractivity contribution is 0.0958. The van der Waals surface area contributed by atoms with Crippen LogP contribution in [0.15, 0.2) is 0 Å². The van der Waals surface area contributed by atoms with E-state index in [-0.39, 0.29) is 5.41 Å². The molecule has 0 heterocycles. The maximum atomic E-state index is 12.6. The summed E-state index contributed by atoms with van der Waals surface area (Å²) in [5.41, 5.74) is 0.217. The Morgan fingerprint density at radius 3 is 2.10 bits per heavy atom. The molecule has 0 radical (unpaired) electrons. The monoisotopic (exact) mass is 142 g/mol. The summed E-state index contributed by atoms with van der Waals surface area (Å²) in [5, 5.41) is 0. The Bertz CT molecular complexity index is 145. The Morgan fingerprint density at radius 1 is 1.30 bits per heavy atom. The lowest BCUT2D eigenvalue weighted by Crippen LogP contribution is -2.30. The Kier molecular flexibility index (Phi) is 1.16. The van der Waals surface area contributed by atoms with Gasteiger partial charge in [-0.2, -0.15) is 0 Å². The molecule has 0 aromatic heterocycles. The molecule has 0 aromatic carbocycles. The normalized spacial score (nSPS) is 51.6. The molecular formula is C9H15F. The molecule has 1 heteroatoms. The van der Waals surface area contributed by atoms with Gasteiger partial charge in [0.1, 0.15) is 6.17 Å². The zero-order valence-corrected chi connectivity index (χ0v) is 6.73. The largest absolute Gasteiger partial charge is 0.247 e. The van der Waals surface area contributed by atoms with Crippen molar-refractivity contribution in [3.8, 4) is 0 Å². The van der Waals surface area contributed by atoms with Crippen LogP contribution in [0.5, 0.6) is 0 Å². The quantitative estimate of drug-likeness (QED) is 0.528. The highest BCUT2D eigenvalue weighted by atomic mass is 19.1. The van der Waals surface area contributed by atoms with Crippen LogP contribution in [0.4, 0.5) is 4.39 Å². The molecule has 10 heavy (non-hydrogen) atoms. The van der Waals surface area contributed by atoms with Crippen molar-refractivity contribution in [2.24, 2.45) is 17.3 Å². The fraction of sp³-hybridized carbons (Fsp3) is 1.00. The van der Waals surface area contributed by atoms with E-state index >= 15 is 0 Å². The first kappa shape index (κ1) is 6.63. The topological polar surface area (TPSA) is 0 Å². The predicted molar refractivity (Wildman–Crippen MR) is 39.5 cm³/mol. The van der Waals surface area contributed by atoms with Gasteiger partial charge in [0.05, 0.1) is 0 Å². The van der Waals surface area contributed by atoms with E-state index in [2.05, 4.69) is 13.8 Å². The standard InChI is InChI=1S/C9H15F/c1-6(2)7-3-9(4-7)5-8(9)10/h6-8H,3-5H2,1-2H3. The van der Waals surface area contributed by atoms with Crippen LogP contribution < -0.4 is 0 Å². The van der Waals surface area contributed by atoms with Crippen LogP contribution in [0, 0.1) is 17.3 Å². The number of halogens is 1. The Hall–Kier alpha value is -0.0700. The highest BCUT2D eigenvalue weighted by Crippen LogP contribution is 2.66. The molecule has 1 unspecified atom stereocenters. The summed E-state index contributed by atoms with van der Waals surface area (Å²) in [6, 6.07) is 0. The summed E-state index contributed by atoms with van der Waals surface area (Å²) >= 11 is 0. The molecule has 1 spiro atoms. The molecule has 0 aromatic rings. The van der Waals surface area contributed by atoms with Crippen LogP contribution in [0.3, 0.4) is 0 Å². The van der Waals surface area contributed by atoms with E-state index in [1.807, 2.05) is 0 Å². The van der Waals surface area contributed by atoms with Gasteiger partial charge in [-0.1, -0.05) is 13.8 Å². The summed E-state index contributed by atoms with van der Waals surface area (Å²) in [6.45, 7) is 4.49. The van der Waals surface area contributed by atoms with Crippen LogP contribution in [0.1, 0.15) is 33.1 Å². The van der Waals surface area contributed by atoms with Gasteiger partial charge >= 0.3 is 0 Å².